The Balaban J connectivity index is 1.55. The summed E-state index contributed by atoms with van der Waals surface area (Å²) < 4.78 is 0. The Morgan fingerprint density at radius 3 is 0.850 bits per heavy atom. The normalized spacial score (nSPS) is 40.2. The molecule has 226 valence electrons. The molecule has 5 heterocycles. The van der Waals surface area contributed by atoms with E-state index in [0.717, 1.165) is 11.8 Å². The molecule has 0 aromatic rings. The van der Waals surface area contributed by atoms with Gasteiger partial charge in [0, 0.05) is 48.3 Å². The van der Waals surface area contributed by atoms with Crippen LogP contribution in [0.4, 0.5) is 0 Å². The first kappa shape index (κ1) is 30.5. The van der Waals surface area contributed by atoms with Gasteiger partial charge in [-0.1, -0.05) is 102 Å². The highest BCUT2D eigenvalue weighted by Gasteiger charge is 2.46. The van der Waals surface area contributed by atoms with E-state index < -0.39 is 0 Å². The van der Waals surface area contributed by atoms with Crippen molar-refractivity contribution in [2.75, 3.05) is 0 Å². The first-order chi connectivity index (χ1) is 19.5. The van der Waals surface area contributed by atoms with Gasteiger partial charge in [0.05, 0.1) is 0 Å². The van der Waals surface area contributed by atoms with Crippen LogP contribution < -0.4 is 21.3 Å². The third-order valence-corrected chi connectivity index (χ3v) is 12.1. The van der Waals surface area contributed by atoms with Crippen LogP contribution in [0.1, 0.15) is 132 Å². The summed E-state index contributed by atoms with van der Waals surface area (Å²) in [6.45, 7) is 19.3. The molecule has 4 nitrogen and oxygen atoms in total. The van der Waals surface area contributed by atoms with Crippen LogP contribution in [0.25, 0.3) is 0 Å². The van der Waals surface area contributed by atoms with Crippen LogP contribution in [0.5, 0.6) is 0 Å². The summed E-state index contributed by atoms with van der Waals surface area (Å²) in [6, 6.07) is 4.34. The van der Waals surface area contributed by atoms with Gasteiger partial charge in [-0.3, -0.25) is 0 Å². The first-order valence-electron chi connectivity index (χ1n) is 17.7. The van der Waals surface area contributed by atoms with Crippen LogP contribution in [0, 0.1) is 11.8 Å². The summed E-state index contributed by atoms with van der Waals surface area (Å²) in [5.41, 5.74) is 10.4. The highest BCUT2D eigenvalue weighted by Crippen LogP contribution is 2.43. The summed E-state index contributed by atoms with van der Waals surface area (Å²) in [4.78, 5) is 0. The van der Waals surface area contributed by atoms with E-state index in [0.29, 0.717) is 48.3 Å². The maximum absolute atomic E-state index is 4.31. The van der Waals surface area contributed by atoms with Gasteiger partial charge in [-0.15, -0.1) is 0 Å². The third-order valence-electron chi connectivity index (χ3n) is 12.1. The summed E-state index contributed by atoms with van der Waals surface area (Å²) in [7, 11) is 0. The zero-order chi connectivity index (χ0) is 28.6. The summed E-state index contributed by atoms with van der Waals surface area (Å²) >= 11 is 0. The quantitative estimate of drug-likeness (QED) is 0.239. The van der Waals surface area contributed by atoms with Crippen LogP contribution in [-0.4, -0.2) is 48.3 Å². The molecule has 0 saturated carbocycles. The van der Waals surface area contributed by atoms with Crippen molar-refractivity contribution >= 4 is 0 Å². The Morgan fingerprint density at radius 2 is 0.625 bits per heavy atom. The number of fused-ring (bicyclic) bond motifs is 8. The maximum Gasteiger partial charge on any atom is 0.0306 e. The average molecular weight is 551 g/mol. The minimum absolute atomic E-state index is 0.507. The second-order valence-corrected chi connectivity index (χ2v) is 13.6. The monoisotopic (exact) mass is 550 g/mol. The molecule has 0 spiro atoms. The fourth-order valence-electron chi connectivity index (χ4n) is 10.5. The smallest absolute Gasteiger partial charge is 0.0306 e. The molecule has 4 heteroatoms. The number of nitrogens with one attached hydrogen (secondary N) is 4. The van der Waals surface area contributed by atoms with E-state index >= 15 is 0 Å². The highest BCUT2D eigenvalue weighted by molar-refractivity contribution is 5.38. The molecule has 5 aliphatic rings. The zero-order valence-corrected chi connectivity index (χ0v) is 27.3. The third kappa shape index (κ3) is 5.33. The lowest BCUT2D eigenvalue weighted by molar-refractivity contribution is 0.293. The minimum Gasteiger partial charge on any atom is -0.311 e. The molecule has 40 heavy (non-hydrogen) atoms. The van der Waals surface area contributed by atoms with Crippen molar-refractivity contribution < 1.29 is 0 Å². The lowest BCUT2D eigenvalue weighted by Crippen LogP contribution is -2.46. The van der Waals surface area contributed by atoms with Gasteiger partial charge < -0.3 is 21.3 Å². The van der Waals surface area contributed by atoms with Crippen molar-refractivity contribution in [2.24, 2.45) is 11.8 Å². The Labute approximate surface area is 247 Å². The maximum atomic E-state index is 4.31. The molecule has 10 atom stereocenters. The second-order valence-electron chi connectivity index (χ2n) is 13.6. The van der Waals surface area contributed by atoms with E-state index in [4.69, 9.17) is 0 Å². The zero-order valence-electron chi connectivity index (χ0n) is 27.3. The lowest BCUT2D eigenvalue weighted by atomic mass is 9.79. The topological polar surface area (TPSA) is 48.1 Å². The lowest BCUT2D eigenvalue weighted by Gasteiger charge is -2.28. The number of rotatable bonds is 8. The van der Waals surface area contributed by atoms with Gasteiger partial charge in [-0.2, -0.15) is 0 Å². The van der Waals surface area contributed by atoms with Gasteiger partial charge in [0.1, 0.15) is 0 Å². The predicted molar refractivity (Wildman–Crippen MR) is 172 cm³/mol. The van der Waals surface area contributed by atoms with E-state index in [1.54, 1.807) is 33.4 Å². The first-order valence-corrected chi connectivity index (χ1v) is 17.7. The molecule has 0 amide bonds. The van der Waals surface area contributed by atoms with Gasteiger partial charge in [-0.25, -0.2) is 0 Å². The molecule has 8 bridgehead atoms. The Kier molecular flexibility index (Phi) is 10.0. The summed E-state index contributed by atoms with van der Waals surface area (Å²) in [5, 5.41) is 17.1. The van der Waals surface area contributed by atoms with E-state index in [2.05, 4.69) is 76.7 Å². The van der Waals surface area contributed by atoms with E-state index in [-0.39, 0.29) is 0 Å². The van der Waals surface area contributed by atoms with Crippen molar-refractivity contribution in [1.82, 2.24) is 21.3 Å². The second kappa shape index (κ2) is 13.1. The van der Waals surface area contributed by atoms with E-state index in [1.165, 1.54) is 77.0 Å². The molecule has 4 N–H and O–H groups in total. The summed E-state index contributed by atoms with van der Waals surface area (Å²) in [6.07, 6.45) is 14.6. The van der Waals surface area contributed by atoms with Crippen molar-refractivity contribution in [1.29, 1.82) is 0 Å². The molecule has 0 aromatic heterocycles. The number of hydrogen-bond donors (Lipinski definition) is 4. The molecular weight excluding hydrogens is 488 g/mol. The predicted octanol–water partition coefficient (Wildman–Crippen LogP) is 7.32. The Morgan fingerprint density at radius 1 is 0.375 bits per heavy atom. The van der Waals surface area contributed by atoms with Gasteiger partial charge in [-0.05, 0) is 76.0 Å². The van der Waals surface area contributed by atoms with Gasteiger partial charge in [0.15, 0.2) is 0 Å². The molecule has 2 fully saturated rings. The van der Waals surface area contributed by atoms with Crippen molar-refractivity contribution in [3.63, 3.8) is 0 Å². The fraction of sp³-hybridized carbons (Fsp3) is 0.833. The highest BCUT2D eigenvalue weighted by atomic mass is 15.1. The Hall–Kier alpha value is -0.940. The number of hydrogen-bond acceptors (Lipinski definition) is 4. The van der Waals surface area contributed by atoms with Gasteiger partial charge in [0.25, 0.3) is 0 Å². The molecule has 5 unspecified atom stereocenters. The van der Waals surface area contributed by atoms with Crippen LogP contribution >= 0.6 is 0 Å². The molecule has 5 rings (SSSR count). The van der Waals surface area contributed by atoms with Gasteiger partial charge in [0.2, 0.25) is 0 Å². The van der Waals surface area contributed by atoms with Crippen molar-refractivity contribution in [3.05, 3.63) is 33.4 Å². The van der Waals surface area contributed by atoms with Crippen LogP contribution in [-0.2, 0) is 0 Å². The molecule has 0 aliphatic carbocycles. The van der Waals surface area contributed by atoms with E-state index in [9.17, 15) is 0 Å². The Bertz CT molecular complexity index is 915. The molecule has 0 aromatic carbocycles. The van der Waals surface area contributed by atoms with E-state index in [1.807, 2.05) is 0 Å². The van der Waals surface area contributed by atoms with Crippen LogP contribution in [0.3, 0.4) is 0 Å². The average Bonchev–Trinajstić information content (AvgIpc) is 3.67. The van der Waals surface area contributed by atoms with Crippen molar-refractivity contribution in [2.45, 2.75) is 181 Å². The standard InChI is InChI=1S/C36H62N4/c1-9-21-22(10-2)30-18-32-25(13-5)26(14-6)34(39-32)20-36-28(16-8)27(15-7)35(40-36)19-33-24(12-4)23(11-3)31(38-33)17-29(21)37-30/h21-22,29-40H,9-20H2,1-8H3/t21-,22?,29?,30+,31+,32?,33-,34?,35+,36?/m0/s1. The van der Waals surface area contributed by atoms with Crippen LogP contribution in [0.15, 0.2) is 33.4 Å². The van der Waals surface area contributed by atoms with Crippen LogP contribution in [0.2, 0.25) is 0 Å². The fourth-order valence-corrected chi connectivity index (χ4v) is 10.5. The largest absolute Gasteiger partial charge is 0.311 e. The molecule has 2 saturated heterocycles. The van der Waals surface area contributed by atoms with Crippen molar-refractivity contribution in [3.8, 4) is 0 Å². The SMILES string of the molecule is CCC1=C(CC)C2C[C@H]3NC(C[C@H]4N[C@@H](C[C@H]5NC(CC1N2)C(CC)=C5CC)C(CC)=C4CC)[C@@H](CC)C3CC. The van der Waals surface area contributed by atoms with Gasteiger partial charge >= 0.3 is 0 Å². The molecule has 5 aliphatic heterocycles. The molecule has 0 radical (unpaired) electrons. The minimum atomic E-state index is 0.507. The molecular formula is C36H62N4. The summed E-state index contributed by atoms with van der Waals surface area (Å²) in [5.74, 6) is 1.57.